The van der Waals surface area contributed by atoms with Gasteiger partial charge in [0.05, 0.1) is 16.2 Å². The second-order valence-corrected chi connectivity index (χ2v) is 10.7. The van der Waals surface area contributed by atoms with Crippen LogP contribution in [0.25, 0.3) is 21.7 Å². The van der Waals surface area contributed by atoms with Gasteiger partial charge in [-0.25, -0.2) is 17.9 Å². The number of benzene rings is 3. The predicted molar refractivity (Wildman–Crippen MR) is 133 cm³/mol. The number of aryl methyl sites for hydroxylation is 1. The SMILES string of the molecule is Cc1ccc(S(=O)(=O)N[C@H]2CCC[C@H](C(=O)Oc3ccc4c(c3)oc(=O)c3ccccc34)C2)cc1. The van der Waals surface area contributed by atoms with Crippen molar-refractivity contribution in [1.82, 2.24) is 4.72 Å². The van der Waals surface area contributed by atoms with E-state index in [2.05, 4.69) is 4.72 Å². The molecule has 1 fully saturated rings. The van der Waals surface area contributed by atoms with Crippen LogP contribution in [0.3, 0.4) is 0 Å². The number of carbonyl (C=O) groups excluding carboxylic acids is 1. The number of nitrogens with one attached hydrogen (secondary N) is 1. The lowest BCUT2D eigenvalue weighted by Crippen LogP contribution is -2.40. The molecule has 35 heavy (non-hydrogen) atoms. The predicted octanol–water partition coefficient (Wildman–Crippen LogP) is 4.70. The molecular weight excluding hydrogens is 466 g/mol. The summed E-state index contributed by atoms with van der Waals surface area (Å²) in [6.45, 7) is 1.90. The van der Waals surface area contributed by atoms with Crippen LogP contribution in [0.2, 0.25) is 0 Å². The minimum atomic E-state index is -3.68. The van der Waals surface area contributed by atoms with Crippen molar-refractivity contribution in [2.45, 2.75) is 43.5 Å². The maximum absolute atomic E-state index is 12.9. The zero-order valence-electron chi connectivity index (χ0n) is 19.2. The van der Waals surface area contributed by atoms with E-state index in [0.29, 0.717) is 36.7 Å². The van der Waals surface area contributed by atoms with E-state index < -0.39 is 27.5 Å². The van der Waals surface area contributed by atoms with Gasteiger partial charge in [-0.1, -0.05) is 42.3 Å². The topological polar surface area (TPSA) is 103 Å². The quantitative estimate of drug-likeness (QED) is 0.188. The second-order valence-electron chi connectivity index (χ2n) is 9.01. The van der Waals surface area contributed by atoms with Gasteiger partial charge in [0.2, 0.25) is 10.0 Å². The van der Waals surface area contributed by atoms with Crippen molar-refractivity contribution in [3.8, 4) is 5.75 Å². The maximum atomic E-state index is 12.9. The van der Waals surface area contributed by atoms with Gasteiger partial charge in [0, 0.05) is 17.5 Å². The first-order chi connectivity index (χ1) is 16.8. The second kappa shape index (κ2) is 9.28. The van der Waals surface area contributed by atoms with Crippen LogP contribution in [-0.2, 0) is 14.8 Å². The van der Waals surface area contributed by atoms with E-state index in [1.165, 1.54) is 0 Å². The minimum absolute atomic E-state index is 0.206. The molecule has 1 aromatic heterocycles. The Bertz CT molecular complexity index is 1570. The van der Waals surface area contributed by atoms with Crippen molar-refractivity contribution in [1.29, 1.82) is 0 Å². The third-order valence-corrected chi connectivity index (χ3v) is 8.01. The molecule has 8 heteroatoms. The Morgan fingerprint density at radius 1 is 0.971 bits per heavy atom. The summed E-state index contributed by atoms with van der Waals surface area (Å²) in [5.41, 5.74) is 0.865. The van der Waals surface area contributed by atoms with Crippen molar-refractivity contribution in [3.63, 3.8) is 0 Å². The first-order valence-electron chi connectivity index (χ1n) is 11.6. The van der Waals surface area contributed by atoms with Crippen LogP contribution in [0.15, 0.2) is 80.8 Å². The van der Waals surface area contributed by atoms with Crippen molar-refractivity contribution in [3.05, 3.63) is 82.7 Å². The molecule has 0 unspecified atom stereocenters. The monoisotopic (exact) mass is 491 g/mol. The number of fused-ring (bicyclic) bond motifs is 3. The van der Waals surface area contributed by atoms with Crippen LogP contribution in [0.1, 0.15) is 31.2 Å². The highest BCUT2D eigenvalue weighted by Gasteiger charge is 2.31. The fraction of sp³-hybridized carbons (Fsp3) is 0.259. The molecule has 0 saturated heterocycles. The Morgan fingerprint density at radius 3 is 2.49 bits per heavy atom. The van der Waals surface area contributed by atoms with E-state index in [0.717, 1.165) is 16.3 Å². The molecule has 1 saturated carbocycles. The molecule has 1 aliphatic rings. The van der Waals surface area contributed by atoms with Crippen LogP contribution in [0.4, 0.5) is 0 Å². The maximum Gasteiger partial charge on any atom is 0.344 e. The van der Waals surface area contributed by atoms with E-state index in [9.17, 15) is 18.0 Å². The van der Waals surface area contributed by atoms with Gasteiger partial charge in [-0.2, -0.15) is 0 Å². The molecule has 0 bridgehead atoms. The average Bonchev–Trinajstić information content (AvgIpc) is 2.84. The Labute approximate surface area is 202 Å². The molecule has 180 valence electrons. The molecular formula is C27H25NO6S. The van der Waals surface area contributed by atoms with E-state index in [-0.39, 0.29) is 16.7 Å². The number of hydrogen-bond acceptors (Lipinski definition) is 6. The highest BCUT2D eigenvalue weighted by molar-refractivity contribution is 7.89. The van der Waals surface area contributed by atoms with Gasteiger partial charge in [0.15, 0.2) is 0 Å². The third-order valence-electron chi connectivity index (χ3n) is 6.47. The van der Waals surface area contributed by atoms with Crippen LogP contribution < -0.4 is 15.1 Å². The van der Waals surface area contributed by atoms with E-state index >= 15 is 0 Å². The number of esters is 1. The largest absolute Gasteiger partial charge is 0.426 e. The molecule has 1 heterocycles. The fourth-order valence-electron chi connectivity index (χ4n) is 4.64. The summed E-state index contributed by atoms with van der Waals surface area (Å²) in [4.78, 5) is 25.4. The molecule has 4 aromatic rings. The van der Waals surface area contributed by atoms with E-state index in [1.54, 1.807) is 54.6 Å². The molecule has 1 N–H and O–H groups in total. The van der Waals surface area contributed by atoms with Crippen LogP contribution in [0.5, 0.6) is 5.75 Å². The smallest absolute Gasteiger partial charge is 0.344 e. The summed E-state index contributed by atoms with van der Waals surface area (Å²) in [6.07, 6.45) is 2.34. The molecule has 0 spiro atoms. The standard InChI is InChI=1S/C27H25NO6S/c1-17-9-12-21(13-10-17)35(31,32)28-19-6-4-5-18(15-19)26(29)33-20-11-14-23-22-7-2-3-8-24(22)27(30)34-25(23)16-20/h2-3,7-14,16,18-19,28H,4-6,15H2,1H3/t18-,19-/m0/s1. The minimum Gasteiger partial charge on any atom is -0.426 e. The van der Waals surface area contributed by atoms with Gasteiger partial charge >= 0.3 is 11.6 Å². The number of hydrogen-bond donors (Lipinski definition) is 1. The lowest BCUT2D eigenvalue weighted by molar-refractivity contribution is -0.140. The molecule has 5 rings (SSSR count). The molecule has 2 atom stereocenters. The van der Waals surface area contributed by atoms with Crippen molar-refractivity contribution >= 4 is 37.7 Å². The van der Waals surface area contributed by atoms with E-state index in [4.69, 9.17) is 9.15 Å². The fourth-order valence-corrected chi connectivity index (χ4v) is 5.92. The van der Waals surface area contributed by atoms with E-state index in [1.807, 2.05) is 19.1 Å². The van der Waals surface area contributed by atoms with Crippen molar-refractivity contribution in [2.75, 3.05) is 0 Å². The summed E-state index contributed by atoms with van der Waals surface area (Å²) in [6, 6.07) is 18.5. The van der Waals surface area contributed by atoms with Crippen LogP contribution >= 0.6 is 0 Å². The Morgan fingerprint density at radius 2 is 1.71 bits per heavy atom. The molecule has 0 amide bonds. The molecule has 0 radical (unpaired) electrons. The number of sulfonamides is 1. The third kappa shape index (κ3) is 4.85. The Balaban J connectivity index is 1.30. The zero-order chi connectivity index (χ0) is 24.6. The van der Waals surface area contributed by atoms with Gasteiger partial charge < -0.3 is 9.15 Å². The van der Waals surface area contributed by atoms with Gasteiger partial charge in [-0.15, -0.1) is 0 Å². The van der Waals surface area contributed by atoms with Gasteiger partial charge in [-0.3, -0.25) is 4.79 Å². The number of ether oxygens (including phenoxy) is 1. The summed E-state index contributed by atoms with van der Waals surface area (Å²) >= 11 is 0. The Kier molecular flexibility index (Phi) is 6.17. The van der Waals surface area contributed by atoms with Gasteiger partial charge in [-0.05, 0) is 61.9 Å². The normalized spacial score (nSPS) is 18.5. The molecule has 3 aromatic carbocycles. The zero-order valence-corrected chi connectivity index (χ0v) is 20.0. The number of rotatable bonds is 5. The lowest BCUT2D eigenvalue weighted by Gasteiger charge is -2.28. The summed E-state index contributed by atoms with van der Waals surface area (Å²) in [5, 5.41) is 2.02. The summed E-state index contributed by atoms with van der Waals surface area (Å²) < 4.78 is 39.3. The Hall–Kier alpha value is -3.49. The van der Waals surface area contributed by atoms with Gasteiger partial charge in [0.25, 0.3) is 0 Å². The highest BCUT2D eigenvalue weighted by Crippen LogP contribution is 2.30. The first-order valence-corrected chi connectivity index (χ1v) is 13.0. The summed E-state index contributed by atoms with van der Waals surface area (Å²) in [5.74, 6) is -0.580. The molecule has 0 aliphatic heterocycles. The van der Waals surface area contributed by atoms with Gasteiger partial charge in [0.1, 0.15) is 11.3 Å². The van der Waals surface area contributed by atoms with Crippen molar-refractivity contribution < 1.29 is 22.4 Å². The lowest BCUT2D eigenvalue weighted by atomic mass is 9.86. The van der Waals surface area contributed by atoms with Crippen molar-refractivity contribution in [2.24, 2.45) is 5.92 Å². The van der Waals surface area contributed by atoms with Crippen LogP contribution in [0, 0.1) is 12.8 Å². The molecule has 1 aliphatic carbocycles. The average molecular weight is 492 g/mol. The number of carbonyl (C=O) groups is 1. The first kappa shape index (κ1) is 23.3. The summed E-state index contributed by atoms with van der Waals surface area (Å²) in [7, 11) is -3.68. The van der Waals surface area contributed by atoms with Crippen LogP contribution in [-0.4, -0.2) is 20.4 Å². The molecule has 7 nitrogen and oxygen atoms in total. The highest BCUT2D eigenvalue weighted by atomic mass is 32.2.